The summed E-state index contributed by atoms with van der Waals surface area (Å²) < 4.78 is 0. The van der Waals surface area contributed by atoms with Crippen molar-refractivity contribution in [3.63, 3.8) is 0 Å². The Hall–Kier alpha value is -1.88. The standard InChI is InChI=1S/C19H27N3O2/c1-13(21-18(23)6-3-14-7-9-20-10-8-14)15-4-5-17-16(11-15)12-19(24)22(17)2/h4-5,11,13-14,20H,3,6-10,12H2,1-2H3,(H,21,23). The number of benzene rings is 1. The van der Waals surface area contributed by atoms with Crippen LogP contribution in [-0.4, -0.2) is 32.0 Å². The van der Waals surface area contributed by atoms with Gasteiger partial charge in [-0.2, -0.15) is 0 Å². The number of fused-ring (bicyclic) bond motifs is 1. The number of carbonyl (C=O) groups excluding carboxylic acids is 2. The summed E-state index contributed by atoms with van der Waals surface area (Å²) in [6, 6.07) is 6.00. The van der Waals surface area contributed by atoms with Crippen molar-refractivity contribution >= 4 is 17.5 Å². The predicted octanol–water partition coefficient (Wildman–Crippen LogP) is 2.16. The van der Waals surface area contributed by atoms with Crippen molar-refractivity contribution in [1.82, 2.24) is 10.6 Å². The molecule has 0 aromatic heterocycles. The molecule has 0 aliphatic carbocycles. The Morgan fingerprint density at radius 1 is 1.38 bits per heavy atom. The number of likely N-dealkylation sites (N-methyl/N-ethyl adjacent to an activating group) is 1. The average Bonchev–Trinajstić information content (AvgIpc) is 2.88. The van der Waals surface area contributed by atoms with Gasteiger partial charge in [-0.1, -0.05) is 12.1 Å². The monoisotopic (exact) mass is 329 g/mol. The molecule has 2 N–H and O–H groups in total. The second kappa shape index (κ2) is 7.34. The van der Waals surface area contributed by atoms with Gasteiger partial charge in [0.05, 0.1) is 12.5 Å². The molecule has 0 radical (unpaired) electrons. The van der Waals surface area contributed by atoms with Crippen molar-refractivity contribution < 1.29 is 9.59 Å². The van der Waals surface area contributed by atoms with Crippen molar-refractivity contribution in [2.75, 3.05) is 25.0 Å². The molecule has 1 atom stereocenters. The molecule has 1 aromatic carbocycles. The molecular weight excluding hydrogens is 302 g/mol. The molecule has 130 valence electrons. The lowest BCUT2D eigenvalue weighted by atomic mass is 9.93. The van der Waals surface area contributed by atoms with Gasteiger partial charge in [0, 0.05) is 19.2 Å². The van der Waals surface area contributed by atoms with Gasteiger partial charge >= 0.3 is 0 Å². The zero-order valence-electron chi connectivity index (χ0n) is 14.6. The number of hydrogen-bond acceptors (Lipinski definition) is 3. The highest BCUT2D eigenvalue weighted by Gasteiger charge is 2.24. The van der Waals surface area contributed by atoms with E-state index in [1.54, 1.807) is 11.9 Å². The van der Waals surface area contributed by atoms with Crippen LogP contribution in [0.25, 0.3) is 0 Å². The summed E-state index contributed by atoms with van der Waals surface area (Å²) in [5, 5.41) is 6.45. The van der Waals surface area contributed by atoms with E-state index in [0.29, 0.717) is 18.8 Å². The number of hydrogen-bond donors (Lipinski definition) is 2. The minimum atomic E-state index is -0.0307. The number of piperidine rings is 1. The van der Waals surface area contributed by atoms with E-state index in [2.05, 4.69) is 16.7 Å². The summed E-state index contributed by atoms with van der Waals surface area (Å²) in [5.41, 5.74) is 3.09. The molecule has 0 spiro atoms. The number of nitrogens with one attached hydrogen (secondary N) is 2. The van der Waals surface area contributed by atoms with Gasteiger partial charge in [0.15, 0.2) is 0 Å². The van der Waals surface area contributed by atoms with Gasteiger partial charge in [0.1, 0.15) is 0 Å². The Balaban J connectivity index is 1.53. The first kappa shape index (κ1) is 17.0. The first-order valence-corrected chi connectivity index (χ1v) is 8.94. The third-order valence-electron chi connectivity index (χ3n) is 5.30. The lowest BCUT2D eigenvalue weighted by Gasteiger charge is -2.22. The topological polar surface area (TPSA) is 61.4 Å². The Kier molecular flexibility index (Phi) is 5.19. The Labute approximate surface area is 143 Å². The van der Waals surface area contributed by atoms with Gasteiger partial charge in [0.2, 0.25) is 11.8 Å². The van der Waals surface area contributed by atoms with Crippen LogP contribution in [0.5, 0.6) is 0 Å². The van der Waals surface area contributed by atoms with Crippen LogP contribution in [0, 0.1) is 5.92 Å². The van der Waals surface area contributed by atoms with Crippen molar-refractivity contribution in [2.45, 2.75) is 45.1 Å². The van der Waals surface area contributed by atoms with E-state index in [1.165, 1.54) is 12.8 Å². The summed E-state index contributed by atoms with van der Waals surface area (Å²) in [6.45, 7) is 4.15. The number of anilines is 1. The molecule has 2 amide bonds. The molecule has 24 heavy (non-hydrogen) atoms. The van der Waals surface area contributed by atoms with Crippen LogP contribution < -0.4 is 15.5 Å². The van der Waals surface area contributed by atoms with Gasteiger partial charge in [-0.25, -0.2) is 0 Å². The second-order valence-corrected chi connectivity index (χ2v) is 7.04. The molecule has 0 saturated carbocycles. The summed E-state index contributed by atoms with van der Waals surface area (Å²) >= 11 is 0. The fourth-order valence-electron chi connectivity index (χ4n) is 3.66. The fourth-order valence-corrected chi connectivity index (χ4v) is 3.66. The third-order valence-corrected chi connectivity index (χ3v) is 5.30. The van der Waals surface area contributed by atoms with E-state index in [4.69, 9.17) is 0 Å². The third kappa shape index (κ3) is 3.78. The maximum Gasteiger partial charge on any atom is 0.231 e. The van der Waals surface area contributed by atoms with Crippen LogP contribution in [0.1, 0.15) is 49.8 Å². The maximum atomic E-state index is 12.2. The second-order valence-electron chi connectivity index (χ2n) is 7.04. The summed E-state index contributed by atoms with van der Waals surface area (Å²) in [6.07, 6.45) is 4.38. The maximum absolute atomic E-state index is 12.2. The zero-order valence-corrected chi connectivity index (χ0v) is 14.6. The molecule has 2 heterocycles. The molecule has 5 heteroatoms. The van der Waals surface area contributed by atoms with E-state index in [-0.39, 0.29) is 17.9 Å². The van der Waals surface area contributed by atoms with Crippen molar-refractivity contribution in [3.8, 4) is 0 Å². The Morgan fingerprint density at radius 2 is 2.12 bits per heavy atom. The smallest absolute Gasteiger partial charge is 0.231 e. The van der Waals surface area contributed by atoms with Gasteiger partial charge in [-0.3, -0.25) is 9.59 Å². The summed E-state index contributed by atoms with van der Waals surface area (Å²) in [4.78, 5) is 25.7. The highest BCUT2D eigenvalue weighted by atomic mass is 16.2. The molecule has 2 aliphatic rings. The zero-order chi connectivity index (χ0) is 17.1. The van der Waals surface area contributed by atoms with Crippen molar-refractivity contribution in [1.29, 1.82) is 0 Å². The largest absolute Gasteiger partial charge is 0.350 e. The van der Waals surface area contributed by atoms with E-state index in [9.17, 15) is 9.59 Å². The lowest BCUT2D eigenvalue weighted by molar-refractivity contribution is -0.122. The SMILES string of the molecule is CC(NC(=O)CCC1CCNCC1)c1ccc2c(c1)CC(=O)N2C. The molecule has 1 saturated heterocycles. The van der Waals surface area contributed by atoms with Crippen LogP contribution in [0.2, 0.25) is 0 Å². The van der Waals surface area contributed by atoms with Crippen molar-refractivity contribution in [2.24, 2.45) is 5.92 Å². The van der Waals surface area contributed by atoms with E-state index in [1.807, 2.05) is 19.1 Å². The molecule has 3 rings (SSSR count). The van der Waals surface area contributed by atoms with Gasteiger partial charge in [-0.15, -0.1) is 0 Å². The van der Waals surface area contributed by atoms with Crippen LogP contribution in [0.15, 0.2) is 18.2 Å². The highest BCUT2D eigenvalue weighted by molar-refractivity contribution is 6.00. The Morgan fingerprint density at radius 3 is 2.88 bits per heavy atom. The van der Waals surface area contributed by atoms with Gasteiger partial charge < -0.3 is 15.5 Å². The van der Waals surface area contributed by atoms with Crippen LogP contribution >= 0.6 is 0 Å². The van der Waals surface area contributed by atoms with Crippen LogP contribution in [-0.2, 0) is 16.0 Å². The number of rotatable bonds is 5. The minimum Gasteiger partial charge on any atom is -0.350 e. The molecule has 2 aliphatic heterocycles. The van der Waals surface area contributed by atoms with Crippen LogP contribution in [0.4, 0.5) is 5.69 Å². The summed E-state index contributed by atoms with van der Waals surface area (Å²) in [7, 11) is 1.81. The van der Waals surface area contributed by atoms with E-state index in [0.717, 1.165) is 36.3 Å². The van der Waals surface area contributed by atoms with Gasteiger partial charge in [-0.05, 0) is 62.4 Å². The lowest BCUT2D eigenvalue weighted by Crippen LogP contribution is -2.30. The summed E-state index contributed by atoms with van der Waals surface area (Å²) in [5.74, 6) is 0.921. The average molecular weight is 329 g/mol. The normalized spacial score (nSPS) is 19.2. The van der Waals surface area contributed by atoms with E-state index >= 15 is 0 Å². The quantitative estimate of drug-likeness (QED) is 0.870. The number of amides is 2. The van der Waals surface area contributed by atoms with Gasteiger partial charge in [0.25, 0.3) is 0 Å². The molecule has 1 fully saturated rings. The first-order valence-electron chi connectivity index (χ1n) is 8.94. The Bertz CT molecular complexity index is 623. The van der Waals surface area contributed by atoms with Crippen molar-refractivity contribution in [3.05, 3.63) is 29.3 Å². The van der Waals surface area contributed by atoms with Crippen LogP contribution in [0.3, 0.4) is 0 Å². The molecule has 5 nitrogen and oxygen atoms in total. The van der Waals surface area contributed by atoms with E-state index < -0.39 is 0 Å². The fraction of sp³-hybridized carbons (Fsp3) is 0.579. The predicted molar refractivity (Wildman–Crippen MR) is 94.9 cm³/mol. The molecule has 1 aromatic rings. The minimum absolute atomic E-state index is 0.0307. The molecule has 1 unspecified atom stereocenters. The molecule has 0 bridgehead atoms. The highest BCUT2D eigenvalue weighted by Crippen LogP contribution is 2.30. The first-order chi connectivity index (χ1) is 11.5. The molecular formula is C19H27N3O2. The number of carbonyl (C=O) groups is 2. The number of nitrogens with zero attached hydrogens (tertiary/aromatic N) is 1.